The number of Topliss-reactive ketones (excluding diaryl/α,β-unsaturated/α-hetero) is 1. The highest BCUT2D eigenvalue weighted by Gasteiger charge is 2.16. The van der Waals surface area contributed by atoms with E-state index in [0.717, 1.165) is 0 Å². The van der Waals surface area contributed by atoms with Crippen molar-refractivity contribution in [2.75, 3.05) is 6.54 Å². The van der Waals surface area contributed by atoms with Crippen LogP contribution >= 0.6 is 0 Å². The number of aliphatic hydroxyl groups excluding tert-OH is 1. The van der Waals surface area contributed by atoms with E-state index < -0.39 is 17.5 Å². The molecule has 0 amide bonds. The van der Waals surface area contributed by atoms with Gasteiger partial charge in [0.1, 0.15) is 0 Å². The molecule has 6 nitrogen and oxygen atoms in total. The molecule has 3 N–H and O–H groups in total. The number of carboxylic acids is 1. The average Bonchev–Trinajstić information content (AvgIpc) is 2.12. The van der Waals surface area contributed by atoms with Gasteiger partial charge in [0.15, 0.2) is 5.82 Å². The molecule has 0 saturated heterocycles. The van der Waals surface area contributed by atoms with Crippen molar-refractivity contribution in [3.05, 3.63) is 11.6 Å². The molecule has 0 bridgehead atoms. The number of hydrogen-bond acceptors (Lipinski definition) is 5. The van der Waals surface area contributed by atoms with E-state index in [1.165, 1.54) is 6.21 Å². The van der Waals surface area contributed by atoms with Crippen LogP contribution in [0.25, 0.3) is 0 Å². The van der Waals surface area contributed by atoms with Crippen LogP contribution in [-0.4, -0.2) is 34.7 Å². The van der Waals surface area contributed by atoms with Crippen LogP contribution in [0.15, 0.2) is 16.6 Å². The molecule has 76 valence electrons. The summed E-state index contributed by atoms with van der Waals surface area (Å²) in [6, 6.07) is 0. The third-order valence-corrected chi connectivity index (χ3v) is 1.62. The normalized spacial score (nSPS) is 15.9. The van der Waals surface area contributed by atoms with Gasteiger partial charge in [0, 0.05) is 19.2 Å². The summed E-state index contributed by atoms with van der Waals surface area (Å²) in [4.78, 5) is 24.8. The minimum Gasteiger partial charge on any atom is -0.502 e. The predicted octanol–water partition coefficient (Wildman–Crippen LogP) is -0.179. The monoisotopic (exact) mass is 198 g/mol. The van der Waals surface area contributed by atoms with Gasteiger partial charge in [0.25, 0.3) is 0 Å². The highest BCUT2D eigenvalue weighted by molar-refractivity contribution is 6.03. The molecule has 0 aromatic rings. The van der Waals surface area contributed by atoms with Crippen LogP contribution < -0.4 is 5.32 Å². The second-order valence-corrected chi connectivity index (χ2v) is 2.71. The van der Waals surface area contributed by atoms with Gasteiger partial charge >= 0.3 is 5.97 Å². The number of ketones is 1. The predicted molar refractivity (Wildman–Crippen MR) is 48.0 cm³/mol. The van der Waals surface area contributed by atoms with Gasteiger partial charge in [-0.3, -0.25) is 9.59 Å². The number of aliphatic imine (C=N–C) groups is 1. The summed E-state index contributed by atoms with van der Waals surface area (Å²) >= 11 is 0. The lowest BCUT2D eigenvalue weighted by Gasteiger charge is -2.10. The van der Waals surface area contributed by atoms with Crippen molar-refractivity contribution in [3.63, 3.8) is 0 Å². The summed E-state index contributed by atoms with van der Waals surface area (Å²) in [5, 5.41) is 20.1. The molecule has 1 aliphatic heterocycles. The van der Waals surface area contributed by atoms with Crippen LogP contribution in [-0.2, 0) is 9.59 Å². The third-order valence-electron chi connectivity index (χ3n) is 1.62. The van der Waals surface area contributed by atoms with Gasteiger partial charge in [-0.2, -0.15) is 0 Å². The van der Waals surface area contributed by atoms with Gasteiger partial charge in [0.2, 0.25) is 11.5 Å². The van der Waals surface area contributed by atoms with Crippen molar-refractivity contribution in [2.24, 2.45) is 4.99 Å². The molecule has 1 rings (SSSR count). The van der Waals surface area contributed by atoms with Crippen molar-refractivity contribution in [1.29, 1.82) is 0 Å². The lowest BCUT2D eigenvalue weighted by molar-refractivity contribution is -0.136. The van der Waals surface area contributed by atoms with E-state index >= 15 is 0 Å². The van der Waals surface area contributed by atoms with Crippen molar-refractivity contribution in [3.8, 4) is 0 Å². The summed E-state index contributed by atoms with van der Waals surface area (Å²) in [5.74, 6) is -1.76. The minimum atomic E-state index is -0.955. The Bertz CT molecular complexity index is 319. The molecule has 14 heavy (non-hydrogen) atoms. The van der Waals surface area contributed by atoms with Gasteiger partial charge in [0.05, 0.1) is 6.42 Å². The molecule has 0 saturated carbocycles. The second-order valence-electron chi connectivity index (χ2n) is 2.71. The number of rotatable bonds is 4. The van der Waals surface area contributed by atoms with E-state index in [4.69, 9.17) is 5.11 Å². The summed E-state index contributed by atoms with van der Waals surface area (Å²) in [5.41, 5.74) is 0. The molecular weight excluding hydrogens is 188 g/mol. The maximum absolute atomic E-state index is 10.9. The zero-order valence-corrected chi connectivity index (χ0v) is 7.36. The zero-order chi connectivity index (χ0) is 10.6. The number of nitrogens with one attached hydrogen (secondary N) is 1. The molecule has 1 aliphatic rings. The van der Waals surface area contributed by atoms with Crippen molar-refractivity contribution in [2.45, 2.75) is 12.8 Å². The van der Waals surface area contributed by atoms with Crippen LogP contribution in [0.1, 0.15) is 12.8 Å². The Morgan fingerprint density at radius 3 is 3.00 bits per heavy atom. The molecule has 0 atom stereocenters. The summed E-state index contributed by atoms with van der Waals surface area (Å²) in [6.07, 6.45) is 1.35. The Balaban J connectivity index is 2.51. The Morgan fingerprint density at radius 2 is 2.36 bits per heavy atom. The topological polar surface area (TPSA) is 99.0 Å². The molecule has 0 fully saturated rings. The first kappa shape index (κ1) is 10.2. The van der Waals surface area contributed by atoms with Crippen molar-refractivity contribution < 1.29 is 19.8 Å². The van der Waals surface area contributed by atoms with E-state index in [9.17, 15) is 14.7 Å². The van der Waals surface area contributed by atoms with Gasteiger partial charge in [-0.25, -0.2) is 4.99 Å². The van der Waals surface area contributed by atoms with Gasteiger partial charge in [-0.1, -0.05) is 0 Å². The van der Waals surface area contributed by atoms with Crippen molar-refractivity contribution in [1.82, 2.24) is 5.32 Å². The van der Waals surface area contributed by atoms with E-state index in [1.54, 1.807) is 0 Å². The van der Waals surface area contributed by atoms with Crippen LogP contribution in [0.3, 0.4) is 0 Å². The number of nitrogens with zero attached hydrogens (tertiary/aromatic N) is 1. The SMILES string of the molecule is O=C(O)CCNC1=C(O)C(=O)CC=N1. The molecule has 0 aliphatic carbocycles. The molecule has 0 aromatic carbocycles. The molecule has 0 spiro atoms. The first-order chi connectivity index (χ1) is 6.61. The Hall–Kier alpha value is -1.85. The molecule has 0 aromatic heterocycles. The molecule has 0 unspecified atom stereocenters. The number of aliphatic hydroxyl groups is 1. The smallest absolute Gasteiger partial charge is 0.305 e. The highest BCUT2D eigenvalue weighted by Crippen LogP contribution is 2.07. The fraction of sp³-hybridized carbons (Fsp3) is 0.375. The van der Waals surface area contributed by atoms with Crippen LogP contribution in [0.2, 0.25) is 0 Å². The molecule has 6 heteroatoms. The fourth-order valence-corrected chi connectivity index (χ4v) is 0.927. The van der Waals surface area contributed by atoms with E-state index in [0.29, 0.717) is 0 Å². The highest BCUT2D eigenvalue weighted by atomic mass is 16.4. The summed E-state index contributed by atoms with van der Waals surface area (Å²) in [6.45, 7) is 0.124. The van der Waals surface area contributed by atoms with Crippen LogP contribution in [0.5, 0.6) is 0 Å². The first-order valence-electron chi connectivity index (χ1n) is 4.06. The Kier molecular flexibility index (Phi) is 3.22. The molecular formula is C8H10N2O4. The van der Waals surface area contributed by atoms with Crippen LogP contribution in [0, 0.1) is 0 Å². The number of carboxylic acid groups (broad SMARTS) is 1. The van der Waals surface area contributed by atoms with E-state index in [-0.39, 0.29) is 25.2 Å². The number of carbonyl (C=O) groups is 2. The van der Waals surface area contributed by atoms with Crippen LogP contribution in [0.4, 0.5) is 0 Å². The molecule has 1 heterocycles. The Morgan fingerprint density at radius 1 is 1.64 bits per heavy atom. The number of allylic oxidation sites excluding steroid dienone is 1. The zero-order valence-electron chi connectivity index (χ0n) is 7.36. The fourth-order valence-electron chi connectivity index (χ4n) is 0.927. The third kappa shape index (κ3) is 2.58. The quantitative estimate of drug-likeness (QED) is 0.582. The van der Waals surface area contributed by atoms with E-state index in [2.05, 4.69) is 10.3 Å². The lowest BCUT2D eigenvalue weighted by atomic mass is 10.2. The number of hydrogen-bond donors (Lipinski definition) is 3. The standard InChI is InChI=1S/C8H10N2O4/c11-5-1-3-9-8(7(5)14)10-4-2-6(12)13/h3,10,14H,1-2,4H2,(H,12,13). The lowest BCUT2D eigenvalue weighted by Crippen LogP contribution is -2.23. The second kappa shape index (κ2) is 4.40. The summed E-state index contributed by atoms with van der Waals surface area (Å²) in [7, 11) is 0. The first-order valence-corrected chi connectivity index (χ1v) is 4.06. The number of carbonyl (C=O) groups excluding carboxylic acids is 1. The molecule has 0 radical (unpaired) electrons. The largest absolute Gasteiger partial charge is 0.502 e. The summed E-state index contributed by atoms with van der Waals surface area (Å²) < 4.78 is 0. The van der Waals surface area contributed by atoms with Gasteiger partial charge in [-0.05, 0) is 0 Å². The maximum atomic E-state index is 10.9. The van der Waals surface area contributed by atoms with Crippen molar-refractivity contribution >= 4 is 18.0 Å². The number of aliphatic carboxylic acids is 1. The van der Waals surface area contributed by atoms with Gasteiger partial charge < -0.3 is 15.5 Å². The minimum absolute atomic E-state index is 0.0440. The van der Waals surface area contributed by atoms with E-state index in [1.807, 2.05) is 0 Å². The Labute approximate surface area is 80.0 Å². The van der Waals surface area contributed by atoms with Gasteiger partial charge in [-0.15, -0.1) is 0 Å². The maximum Gasteiger partial charge on any atom is 0.305 e. The average molecular weight is 198 g/mol.